The van der Waals surface area contributed by atoms with Gasteiger partial charge in [0, 0.05) is 31.0 Å². The lowest BCUT2D eigenvalue weighted by atomic mass is 9.86. The minimum Gasteiger partial charge on any atom is -0.331 e. The van der Waals surface area contributed by atoms with Crippen molar-refractivity contribution in [3.8, 4) is 11.4 Å². The molecule has 0 saturated carbocycles. The van der Waals surface area contributed by atoms with Gasteiger partial charge in [0.1, 0.15) is 5.82 Å². The number of imidazole rings is 1. The van der Waals surface area contributed by atoms with Crippen LogP contribution in [0.2, 0.25) is 0 Å². The Labute approximate surface area is 153 Å². The summed E-state index contributed by atoms with van der Waals surface area (Å²) in [6.45, 7) is 12.7. The van der Waals surface area contributed by atoms with E-state index >= 15 is 0 Å². The van der Waals surface area contributed by atoms with Crippen molar-refractivity contribution in [3.63, 3.8) is 0 Å². The van der Waals surface area contributed by atoms with Gasteiger partial charge >= 0.3 is 0 Å². The van der Waals surface area contributed by atoms with E-state index in [1.54, 1.807) is 0 Å². The smallest absolute Gasteiger partial charge is 0.139 e. The predicted octanol–water partition coefficient (Wildman–Crippen LogP) is 5.08. The van der Waals surface area contributed by atoms with Crippen LogP contribution in [0.4, 0.5) is 0 Å². The zero-order valence-electron chi connectivity index (χ0n) is 16.5. The highest BCUT2D eigenvalue weighted by Crippen LogP contribution is 2.26. The Kier molecular flexibility index (Phi) is 5.63. The van der Waals surface area contributed by atoms with E-state index in [0.29, 0.717) is 5.92 Å². The van der Waals surface area contributed by atoms with Crippen LogP contribution in [0, 0.1) is 11.8 Å². The molecule has 0 atom stereocenters. The van der Waals surface area contributed by atoms with Crippen molar-refractivity contribution in [3.05, 3.63) is 41.7 Å². The van der Waals surface area contributed by atoms with Gasteiger partial charge in [-0.05, 0) is 49.2 Å². The number of rotatable bonds is 5. The highest BCUT2D eigenvalue weighted by molar-refractivity contribution is 5.56. The highest BCUT2D eigenvalue weighted by Gasteiger charge is 2.21. The zero-order chi connectivity index (χ0) is 18.0. The Hall–Kier alpha value is -1.61. The van der Waals surface area contributed by atoms with Gasteiger partial charge in [0.25, 0.3) is 0 Å². The van der Waals surface area contributed by atoms with Crippen LogP contribution in [-0.4, -0.2) is 27.5 Å². The molecular formula is C22H33N3. The van der Waals surface area contributed by atoms with Gasteiger partial charge in [-0.2, -0.15) is 0 Å². The summed E-state index contributed by atoms with van der Waals surface area (Å²) in [5.41, 5.74) is 3.90. The van der Waals surface area contributed by atoms with E-state index in [9.17, 15) is 0 Å². The number of hydrogen-bond acceptors (Lipinski definition) is 2. The molecule has 0 spiro atoms. The number of hydrogen-bond donors (Lipinski definition) is 0. The molecule has 0 unspecified atom stereocenters. The minimum atomic E-state index is 0.499. The molecule has 1 saturated heterocycles. The normalized spacial score (nSPS) is 16.9. The Bertz CT molecular complexity index is 674. The number of likely N-dealkylation sites (tertiary alicyclic amines) is 1. The molecule has 3 nitrogen and oxygen atoms in total. The topological polar surface area (TPSA) is 21.1 Å². The minimum absolute atomic E-state index is 0.499. The molecule has 3 heteroatoms. The fraction of sp³-hybridized carbons (Fsp3) is 0.591. The lowest BCUT2D eigenvalue weighted by molar-refractivity contribution is 0.152. The Morgan fingerprint density at radius 1 is 1.04 bits per heavy atom. The monoisotopic (exact) mass is 339 g/mol. The van der Waals surface area contributed by atoms with Gasteiger partial charge in [-0.15, -0.1) is 0 Å². The number of nitrogens with zero attached hydrogens (tertiary/aromatic N) is 3. The molecule has 25 heavy (non-hydrogen) atoms. The van der Waals surface area contributed by atoms with Crippen molar-refractivity contribution >= 4 is 0 Å². The Balaban J connectivity index is 1.63. The van der Waals surface area contributed by atoms with Gasteiger partial charge in [0.2, 0.25) is 0 Å². The molecule has 1 aliphatic heterocycles. The van der Waals surface area contributed by atoms with E-state index < -0.39 is 0 Å². The van der Waals surface area contributed by atoms with Crippen LogP contribution >= 0.6 is 0 Å². The standard InChI is InChI=1S/C22H33N3/c1-16(2)19-10-12-25(13-11-19)15-18-6-8-20(9-7-18)22-23-14-21(17(3)4)24(22)5/h6-9,14,16-17,19H,10-13,15H2,1-5H3. The van der Waals surface area contributed by atoms with Crippen molar-refractivity contribution in [1.29, 1.82) is 0 Å². The van der Waals surface area contributed by atoms with E-state index in [2.05, 4.69) is 73.5 Å². The van der Waals surface area contributed by atoms with Gasteiger partial charge in [-0.1, -0.05) is 52.0 Å². The first-order chi connectivity index (χ1) is 12.0. The molecule has 0 amide bonds. The number of benzene rings is 1. The molecule has 1 aromatic carbocycles. The summed E-state index contributed by atoms with van der Waals surface area (Å²) >= 11 is 0. The van der Waals surface area contributed by atoms with E-state index in [1.807, 2.05) is 6.20 Å². The van der Waals surface area contributed by atoms with Gasteiger partial charge in [0.05, 0.1) is 0 Å². The van der Waals surface area contributed by atoms with Gasteiger partial charge in [0.15, 0.2) is 0 Å². The summed E-state index contributed by atoms with van der Waals surface area (Å²) in [7, 11) is 2.12. The van der Waals surface area contributed by atoms with Crippen LogP contribution in [0.25, 0.3) is 11.4 Å². The summed E-state index contributed by atoms with van der Waals surface area (Å²) < 4.78 is 2.22. The van der Waals surface area contributed by atoms with Gasteiger partial charge < -0.3 is 4.57 Å². The van der Waals surface area contributed by atoms with Crippen LogP contribution < -0.4 is 0 Å². The van der Waals surface area contributed by atoms with Crippen LogP contribution in [-0.2, 0) is 13.6 Å². The molecule has 2 heterocycles. The fourth-order valence-corrected chi connectivity index (χ4v) is 4.02. The van der Waals surface area contributed by atoms with Crippen molar-refractivity contribution in [2.24, 2.45) is 18.9 Å². The van der Waals surface area contributed by atoms with E-state index in [4.69, 9.17) is 0 Å². The third-order valence-corrected chi connectivity index (χ3v) is 5.81. The summed E-state index contributed by atoms with van der Waals surface area (Å²) in [5.74, 6) is 3.31. The second kappa shape index (κ2) is 7.74. The van der Waals surface area contributed by atoms with Crippen molar-refractivity contribution < 1.29 is 0 Å². The maximum absolute atomic E-state index is 4.63. The Morgan fingerprint density at radius 2 is 1.68 bits per heavy atom. The predicted molar refractivity (Wildman–Crippen MR) is 106 cm³/mol. The van der Waals surface area contributed by atoms with Gasteiger partial charge in [-0.25, -0.2) is 4.98 Å². The average molecular weight is 340 g/mol. The lowest BCUT2D eigenvalue weighted by Gasteiger charge is -2.33. The second-order valence-electron chi connectivity index (χ2n) is 8.27. The molecule has 0 N–H and O–H groups in total. The van der Waals surface area contributed by atoms with E-state index in [-0.39, 0.29) is 0 Å². The third kappa shape index (κ3) is 4.14. The molecule has 0 aliphatic carbocycles. The molecule has 1 aliphatic rings. The zero-order valence-corrected chi connectivity index (χ0v) is 16.5. The van der Waals surface area contributed by atoms with Crippen molar-refractivity contribution in [2.45, 2.75) is 53.0 Å². The molecule has 1 aromatic heterocycles. The summed E-state index contributed by atoms with van der Waals surface area (Å²) in [5, 5.41) is 0. The van der Waals surface area contributed by atoms with Crippen molar-refractivity contribution in [1.82, 2.24) is 14.5 Å². The second-order valence-corrected chi connectivity index (χ2v) is 8.27. The lowest BCUT2D eigenvalue weighted by Crippen LogP contribution is -2.34. The van der Waals surface area contributed by atoms with E-state index in [0.717, 1.165) is 24.2 Å². The molecule has 3 rings (SSSR count). The number of piperidine rings is 1. The first-order valence-electron chi connectivity index (χ1n) is 9.79. The summed E-state index contributed by atoms with van der Waals surface area (Å²) in [6, 6.07) is 8.99. The highest BCUT2D eigenvalue weighted by atomic mass is 15.1. The number of aromatic nitrogens is 2. The molecule has 0 radical (unpaired) electrons. The van der Waals surface area contributed by atoms with Gasteiger partial charge in [-0.3, -0.25) is 4.90 Å². The quantitative estimate of drug-likeness (QED) is 0.757. The van der Waals surface area contributed by atoms with Crippen LogP contribution in [0.15, 0.2) is 30.5 Å². The maximum Gasteiger partial charge on any atom is 0.139 e. The largest absolute Gasteiger partial charge is 0.331 e. The maximum atomic E-state index is 4.63. The van der Waals surface area contributed by atoms with Crippen LogP contribution in [0.5, 0.6) is 0 Å². The Morgan fingerprint density at radius 3 is 2.20 bits per heavy atom. The SMILES string of the molecule is CC(C)c1cnc(-c2ccc(CN3CCC(C(C)C)CC3)cc2)n1C. The molecule has 0 bridgehead atoms. The van der Waals surface area contributed by atoms with E-state index in [1.165, 1.54) is 42.8 Å². The van der Waals surface area contributed by atoms with Crippen molar-refractivity contribution in [2.75, 3.05) is 13.1 Å². The first-order valence-corrected chi connectivity index (χ1v) is 9.79. The first kappa shape index (κ1) is 18.2. The summed E-state index contributed by atoms with van der Waals surface area (Å²) in [4.78, 5) is 7.23. The molecular weight excluding hydrogens is 306 g/mol. The summed E-state index contributed by atoms with van der Waals surface area (Å²) in [6.07, 6.45) is 4.70. The van der Waals surface area contributed by atoms with Crippen LogP contribution in [0.3, 0.4) is 0 Å². The van der Waals surface area contributed by atoms with Crippen LogP contribution in [0.1, 0.15) is 57.7 Å². The average Bonchev–Trinajstić information content (AvgIpc) is 2.98. The third-order valence-electron chi connectivity index (χ3n) is 5.81. The molecule has 2 aromatic rings. The molecule has 136 valence electrons. The fourth-order valence-electron chi connectivity index (χ4n) is 4.02. The molecule has 1 fully saturated rings.